The van der Waals surface area contributed by atoms with E-state index in [0.29, 0.717) is 24.6 Å². The summed E-state index contributed by atoms with van der Waals surface area (Å²) in [5.41, 5.74) is 1.23. The molecule has 0 atom stereocenters. The number of amides is 2. The molecule has 42 heavy (non-hydrogen) atoms. The molecule has 0 radical (unpaired) electrons. The summed E-state index contributed by atoms with van der Waals surface area (Å²) in [4.78, 5) is 29.2. The molecule has 0 saturated heterocycles. The molecule has 0 aliphatic heterocycles. The minimum absolute atomic E-state index is 0.388. The molecule has 242 valence electrons. The molecule has 8 heteroatoms. The van der Waals surface area contributed by atoms with Crippen LogP contribution in [0.4, 0.5) is 21.0 Å². The fourth-order valence-corrected chi connectivity index (χ4v) is 4.94. The Hall–Kier alpha value is -2.32. The second-order valence-corrected chi connectivity index (χ2v) is 11.2. The van der Waals surface area contributed by atoms with Gasteiger partial charge in [0, 0.05) is 24.5 Å². The maximum atomic E-state index is 12.2. The lowest BCUT2D eigenvalue weighted by molar-refractivity contribution is 0.151. The van der Waals surface area contributed by atoms with Crippen LogP contribution in [0.25, 0.3) is 0 Å². The molecule has 2 N–H and O–H groups in total. The van der Waals surface area contributed by atoms with E-state index in [2.05, 4.69) is 48.1 Å². The van der Waals surface area contributed by atoms with Gasteiger partial charge in [-0.05, 0) is 76.1 Å². The summed E-state index contributed by atoms with van der Waals surface area (Å²) in [6.07, 6.45) is 16.3. The van der Waals surface area contributed by atoms with Gasteiger partial charge in [-0.2, -0.15) is 0 Å². The van der Waals surface area contributed by atoms with Gasteiger partial charge in [-0.25, -0.2) is 9.59 Å². The lowest BCUT2D eigenvalue weighted by Gasteiger charge is -2.20. The average Bonchev–Trinajstić information content (AvgIpc) is 2.99. The summed E-state index contributed by atoms with van der Waals surface area (Å²) in [7, 11) is 0. The van der Waals surface area contributed by atoms with Crippen LogP contribution in [0.3, 0.4) is 0 Å². The Balaban J connectivity index is 2.16. The monoisotopic (exact) mass is 590 g/mol. The predicted octanol–water partition coefficient (Wildman–Crippen LogP) is 8.93. The predicted molar refractivity (Wildman–Crippen MR) is 177 cm³/mol. The van der Waals surface area contributed by atoms with Crippen molar-refractivity contribution < 1.29 is 19.1 Å². The van der Waals surface area contributed by atoms with E-state index >= 15 is 0 Å². The molecule has 0 aromatic heterocycles. The number of unbranched alkanes of at least 4 members (excludes halogenated alkanes) is 10. The topological polar surface area (TPSA) is 83.1 Å². The van der Waals surface area contributed by atoms with Gasteiger partial charge in [-0.1, -0.05) is 91.9 Å². The number of hydrogen-bond donors (Lipinski definition) is 2. The van der Waals surface area contributed by atoms with Gasteiger partial charge < -0.3 is 19.3 Å². The SMILES string of the molecule is CCCCCCCCN(CC)CCCOC(=O)Nc1ccc(NC(=O)OCCCN(CC)CCCCCCCC)cc1. The van der Waals surface area contributed by atoms with Crippen molar-refractivity contribution in [3.63, 3.8) is 0 Å². The zero-order valence-electron chi connectivity index (χ0n) is 27.4. The zero-order chi connectivity index (χ0) is 30.7. The molecule has 0 aliphatic rings. The number of nitrogens with zero attached hydrogens (tertiary/aromatic N) is 2. The quantitative estimate of drug-likeness (QED) is 0.105. The molecule has 2 amide bonds. The van der Waals surface area contributed by atoms with Gasteiger partial charge in [0.15, 0.2) is 0 Å². The van der Waals surface area contributed by atoms with Crippen LogP contribution in [0.1, 0.15) is 118 Å². The molecule has 0 fully saturated rings. The molecule has 1 rings (SSSR count). The van der Waals surface area contributed by atoms with Crippen molar-refractivity contribution in [3.8, 4) is 0 Å². The van der Waals surface area contributed by atoms with Gasteiger partial charge in [0.2, 0.25) is 0 Å². The Morgan fingerprint density at radius 1 is 0.524 bits per heavy atom. The fraction of sp³-hybridized carbons (Fsp3) is 0.765. The second kappa shape index (κ2) is 26.3. The number of ether oxygens (including phenoxy) is 2. The van der Waals surface area contributed by atoms with Crippen LogP contribution in [0, 0.1) is 0 Å². The molecule has 1 aromatic carbocycles. The molecule has 1 aromatic rings. The van der Waals surface area contributed by atoms with Gasteiger partial charge in [0.25, 0.3) is 0 Å². The first kappa shape index (κ1) is 37.7. The Morgan fingerprint density at radius 2 is 0.857 bits per heavy atom. The largest absolute Gasteiger partial charge is 0.449 e. The van der Waals surface area contributed by atoms with Gasteiger partial charge in [0.05, 0.1) is 13.2 Å². The Kier molecular flexibility index (Phi) is 23.6. The van der Waals surface area contributed by atoms with Crippen molar-refractivity contribution >= 4 is 23.6 Å². The van der Waals surface area contributed by atoms with Crippen LogP contribution in [-0.2, 0) is 9.47 Å². The number of benzene rings is 1. The van der Waals surface area contributed by atoms with Crippen LogP contribution in [0.2, 0.25) is 0 Å². The summed E-state index contributed by atoms with van der Waals surface area (Å²) >= 11 is 0. The molecule has 8 nitrogen and oxygen atoms in total. The van der Waals surface area contributed by atoms with Crippen molar-refractivity contribution in [1.82, 2.24) is 9.80 Å². The Morgan fingerprint density at radius 3 is 1.21 bits per heavy atom. The first-order valence-electron chi connectivity index (χ1n) is 16.9. The highest BCUT2D eigenvalue weighted by molar-refractivity contribution is 5.87. The van der Waals surface area contributed by atoms with Crippen LogP contribution in [-0.4, -0.2) is 74.5 Å². The van der Waals surface area contributed by atoms with E-state index in [0.717, 1.165) is 52.1 Å². The molecule has 0 aliphatic carbocycles. The number of anilines is 2. The fourth-order valence-electron chi connectivity index (χ4n) is 4.94. The first-order valence-corrected chi connectivity index (χ1v) is 16.9. The second-order valence-electron chi connectivity index (χ2n) is 11.2. The lowest BCUT2D eigenvalue weighted by Crippen LogP contribution is -2.27. The molecular formula is C34H62N4O4. The number of nitrogens with one attached hydrogen (secondary N) is 2. The first-order chi connectivity index (χ1) is 20.5. The number of carbonyl (C=O) groups excluding carboxylic acids is 2. The molecule has 0 unspecified atom stereocenters. The van der Waals surface area contributed by atoms with E-state index in [1.807, 2.05) is 0 Å². The third-order valence-electron chi connectivity index (χ3n) is 7.63. The van der Waals surface area contributed by atoms with E-state index < -0.39 is 12.2 Å². The lowest BCUT2D eigenvalue weighted by atomic mass is 10.1. The Labute approximate surface area is 257 Å². The third-order valence-corrected chi connectivity index (χ3v) is 7.63. The molecule has 0 spiro atoms. The summed E-state index contributed by atoms with van der Waals surface area (Å²) < 4.78 is 10.7. The third kappa shape index (κ3) is 20.5. The van der Waals surface area contributed by atoms with E-state index in [1.54, 1.807) is 24.3 Å². The summed E-state index contributed by atoms with van der Waals surface area (Å²) in [6, 6.07) is 6.93. The number of rotatable bonds is 26. The number of carbonyl (C=O) groups is 2. The number of hydrogen-bond acceptors (Lipinski definition) is 6. The van der Waals surface area contributed by atoms with Crippen LogP contribution in [0.5, 0.6) is 0 Å². The van der Waals surface area contributed by atoms with Crippen LogP contribution in [0.15, 0.2) is 24.3 Å². The van der Waals surface area contributed by atoms with Crippen molar-refractivity contribution in [2.45, 2.75) is 118 Å². The maximum absolute atomic E-state index is 12.2. The van der Waals surface area contributed by atoms with Gasteiger partial charge in [-0.15, -0.1) is 0 Å². The highest BCUT2D eigenvalue weighted by Gasteiger charge is 2.08. The van der Waals surface area contributed by atoms with Crippen LogP contribution < -0.4 is 10.6 Å². The summed E-state index contributed by atoms with van der Waals surface area (Å²) in [5.74, 6) is 0. The summed E-state index contributed by atoms with van der Waals surface area (Å²) in [5, 5.41) is 5.49. The molecule has 0 bridgehead atoms. The van der Waals surface area contributed by atoms with Crippen molar-refractivity contribution in [2.24, 2.45) is 0 Å². The van der Waals surface area contributed by atoms with E-state index in [-0.39, 0.29) is 0 Å². The van der Waals surface area contributed by atoms with Gasteiger partial charge in [0.1, 0.15) is 0 Å². The van der Waals surface area contributed by atoms with Crippen molar-refractivity contribution in [2.75, 3.05) is 63.1 Å². The molecule has 0 saturated carbocycles. The van der Waals surface area contributed by atoms with E-state index in [4.69, 9.17) is 9.47 Å². The van der Waals surface area contributed by atoms with Crippen LogP contribution >= 0.6 is 0 Å². The maximum Gasteiger partial charge on any atom is 0.411 e. The van der Waals surface area contributed by atoms with Gasteiger partial charge >= 0.3 is 12.2 Å². The van der Waals surface area contributed by atoms with E-state index in [9.17, 15) is 9.59 Å². The Bertz CT molecular complexity index is 725. The van der Waals surface area contributed by atoms with Crippen molar-refractivity contribution in [1.29, 1.82) is 0 Å². The standard InChI is InChI=1S/C34H62N4O4/c1-5-9-11-13-15-17-25-37(7-3)27-19-29-41-33(39)35-31-21-23-32(24-22-31)36-34(40)42-30-20-28-38(8-4)26-18-16-14-12-10-6-2/h21-24H,5-20,25-30H2,1-4H3,(H,35,39)(H,36,40). The molecule has 0 heterocycles. The van der Waals surface area contributed by atoms with E-state index in [1.165, 1.54) is 77.0 Å². The average molecular weight is 591 g/mol. The summed E-state index contributed by atoms with van der Waals surface area (Å²) in [6.45, 7) is 15.8. The van der Waals surface area contributed by atoms with Crippen molar-refractivity contribution in [3.05, 3.63) is 24.3 Å². The minimum Gasteiger partial charge on any atom is -0.449 e. The van der Waals surface area contributed by atoms with Gasteiger partial charge in [-0.3, -0.25) is 10.6 Å². The minimum atomic E-state index is -0.466. The normalized spacial score (nSPS) is 11.2. The highest BCUT2D eigenvalue weighted by atomic mass is 16.6. The molecular weight excluding hydrogens is 528 g/mol. The smallest absolute Gasteiger partial charge is 0.411 e. The highest BCUT2D eigenvalue weighted by Crippen LogP contribution is 2.14. The zero-order valence-corrected chi connectivity index (χ0v) is 27.4.